The second-order valence-electron chi connectivity index (χ2n) is 6.97. The third-order valence-corrected chi connectivity index (χ3v) is 7.56. The van der Waals surface area contributed by atoms with Gasteiger partial charge in [-0.25, -0.2) is 13.2 Å². The molecule has 1 saturated carbocycles. The van der Waals surface area contributed by atoms with E-state index in [-0.39, 0.29) is 21.4 Å². The highest BCUT2D eigenvalue weighted by atomic mass is 32.2. The van der Waals surface area contributed by atoms with Crippen molar-refractivity contribution in [2.75, 3.05) is 17.9 Å². The summed E-state index contributed by atoms with van der Waals surface area (Å²) in [4.78, 5) is 24.4. The molecule has 1 aromatic heterocycles. The second kappa shape index (κ2) is 9.89. The van der Waals surface area contributed by atoms with Gasteiger partial charge in [0.25, 0.3) is 15.9 Å². The molecule has 0 bridgehead atoms. The number of thiophene rings is 1. The molecule has 1 fully saturated rings. The minimum Gasteiger partial charge on any atom is -0.452 e. The fourth-order valence-corrected chi connectivity index (χ4v) is 5.34. The first-order valence-corrected chi connectivity index (χ1v) is 11.9. The summed E-state index contributed by atoms with van der Waals surface area (Å²) < 4.78 is 32.5. The van der Waals surface area contributed by atoms with Crippen LogP contribution in [-0.4, -0.2) is 33.4 Å². The van der Waals surface area contributed by atoms with E-state index in [1.165, 1.54) is 37.5 Å². The molecule has 0 unspecified atom stereocenters. The van der Waals surface area contributed by atoms with Crippen molar-refractivity contribution in [3.05, 3.63) is 47.3 Å². The summed E-state index contributed by atoms with van der Waals surface area (Å²) in [5, 5.41) is 4.46. The van der Waals surface area contributed by atoms with Crippen LogP contribution < -0.4 is 10.0 Å². The van der Waals surface area contributed by atoms with Gasteiger partial charge in [0.1, 0.15) is 4.21 Å². The highest BCUT2D eigenvalue weighted by molar-refractivity contribution is 7.94. The Labute approximate surface area is 174 Å². The fraction of sp³-hybridized carbons (Fsp3) is 0.400. The molecule has 29 heavy (non-hydrogen) atoms. The molecule has 2 aromatic rings. The lowest BCUT2D eigenvalue weighted by molar-refractivity contribution is -0.124. The SMILES string of the molecule is O=C(COC(=O)c1ccccc1NS(=O)(=O)c1cccs1)NCC1CCCCC1. The number of carbonyl (C=O) groups is 2. The summed E-state index contributed by atoms with van der Waals surface area (Å²) in [5.74, 6) is -0.640. The van der Waals surface area contributed by atoms with E-state index in [0.717, 1.165) is 24.2 Å². The van der Waals surface area contributed by atoms with Crippen LogP contribution in [-0.2, 0) is 19.6 Å². The molecule has 9 heteroatoms. The lowest BCUT2D eigenvalue weighted by Crippen LogP contribution is -2.33. The van der Waals surface area contributed by atoms with Crippen molar-refractivity contribution in [2.45, 2.75) is 36.3 Å². The van der Waals surface area contributed by atoms with E-state index in [9.17, 15) is 18.0 Å². The summed E-state index contributed by atoms with van der Waals surface area (Å²) in [6, 6.07) is 9.25. The zero-order chi connectivity index (χ0) is 20.7. The van der Waals surface area contributed by atoms with Gasteiger partial charge in [0, 0.05) is 6.54 Å². The van der Waals surface area contributed by atoms with Crippen molar-refractivity contribution in [2.24, 2.45) is 5.92 Å². The van der Waals surface area contributed by atoms with Gasteiger partial charge in [0.05, 0.1) is 11.3 Å². The predicted octanol–water partition coefficient (Wildman–Crippen LogP) is 3.40. The third-order valence-electron chi connectivity index (χ3n) is 4.80. The van der Waals surface area contributed by atoms with Crippen molar-refractivity contribution < 1.29 is 22.7 Å². The predicted molar refractivity (Wildman–Crippen MR) is 111 cm³/mol. The number of benzene rings is 1. The van der Waals surface area contributed by atoms with Crippen LogP contribution in [0.4, 0.5) is 5.69 Å². The zero-order valence-corrected chi connectivity index (χ0v) is 17.6. The van der Waals surface area contributed by atoms with E-state index in [1.807, 2.05) is 0 Å². The number of para-hydroxylation sites is 1. The zero-order valence-electron chi connectivity index (χ0n) is 15.9. The van der Waals surface area contributed by atoms with Gasteiger partial charge in [-0.05, 0) is 42.3 Å². The molecule has 7 nitrogen and oxygen atoms in total. The van der Waals surface area contributed by atoms with Crippen LogP contribution >= 0.6 is 11.3 Å². The molecule has 0 radical (unpaired) electrons. The van der Waals surface area contributed by atoms with Crippen LogP contribution in [0.1, 0.15) is 42.5 Å². The van der Waals surface area contributed by atoms with E-state index in [2.05, 4.69) is 10.0 Å². The number of nitrogens with one attached hydrogen (secondary N) is 2. The normalized spacial score (nSPS) is 14.9. The summed E-state index contributed by atoms with van der Waals surface area (Å²) in [7, 11) is -3.80. The van der Waals surface area contributed by atoms with Crippen LogP contribution in [0.25, 0.3) is 0 Å². The number of carbonyl (C=O) groups excluding carboxylic acids is 2. The largest absolute Gasteiger partial charge is 0.452 e. The highest BCUT2D eigenvalue weighted by Gasteiger charge is 2.21. The van der Waals surface area contributed by atoms with Gasteiger partial charge in [0.15, 0.2) is 6.61 Å². The molecular formula is C20H24N2O5S2. The maximum Gasteiger partial charge on any atom is 0.340 e. The van der Waals surface area contributed by atoms with E-state index in [1.54, 1.807) is 23.6 Å². The van der Waals surface area contributed by atoms with Crippen molar-refractivity contribution in [3.63, 3.8) is 0 Å². The van der Waals surface area contributed by atoms with Crippen LogP contribution in [0.2, 0.25) is 0 Å². The maximum absolute atomic E-state index is 12.4. The van der Waals surface area contributed by atoms with E-state index < -0.39 is 22.6 Å². The molecule has 156 valence electrons. The van der Waals surface area contributed by atoms with E-state index >= 15 is 0 Å². The molecule has 1 aliphatic rings. The number of ether oxygens (including phenoxy) is 1. The van der Waals surface area contributed by atoms with Gasteiger partial charge < -0.3 is 10.1 Å². The number of hydrogen-bond donors (Lipinski definition) is 2. The molecule has 0 saturated heterocycles. The first-order valence-electron chi connectivity index (χ1n) is 9.55. The van der Waals surface area contributed by atoms with Crippen LogP contribution in [0, 0.1) is 5.92 Å². The monoisotopic (exact) mass is 436 g/mol. The quantitative estimate of drug-likeness (QED) is 0.618. The number of hydrogen-bond acceptors (Lipinski definition) is 6. The van der Waals surface area contributed by atoms with Gasteiger partial charge in [-0.2, -0.15) is 0 Å². The number of esters is 1. The van der Waals surface area contributed by atoms with E-state index in [4.69, 9.17) is 4.74 Å². The van der Waals surface area contributed by atoms with Gasteiger partial charge >= 0.3 is 5.97 Å². The molecule has 3 rings (SSSR count). The number of sulfonamides is 1. The molecule has 0 spiro atoms. The van der Waals surface area contributed by atoms with Gasteiger partial charge in [-0.1, -0.05) is 37.5 Å². The topological polar surface area (TPSA) is 102 Å². The van der Waals surface area contributed by atoms with Crippen LogP contribution in [0.3, 0.4) is 0 Å². The Kier molecular flexibility index (Phi) is 7.27. The fourth-order valence-electron chi connectivity index (χ4n) is 3.27. The van der Waals surface area contributed by atoms with Gasteiger partial charge in [-0.15, -0.1) is 11.3 Å². The number of rotatable bonds is 8. The van der Waals surface area contributed by atoms with Crippen LogP contribution in [0.5, 0.6) is 0 Å². The molecule has 0 atom stereocenters. The molecule has 1 heterocycles. The van der Waals surface area contributed by atoms with Crippen molar-refractivity contribution in [1.82, 2.24) is 5.32 Å². The Bertz CT molecular complexity index is 936. The Morgan fingerprint density at radius 2 is 1.83 bits per heavy atom. The number of amides is 1. The Morgan fingerprint density at radius 3 is 2.55 bits per heavy atom. The van der Waals surface area contributed by atoms with Crippen molar-refractivity contribution >= 4 is 38.9 Å². The van der Waals surface area contributed by atoms with Crippen molar-refractivity contribution in [1.29, 1.82) is 0 Å². The maximum atomic E-state index is 12.4. The molecule has 1 aliphatic carbocycles. The highest BCUT2D eigenvalue weighted by Crippen LogP contribution is 2.24. The first kappa shape index (κ1) is 21.3. The molecule has 2 N–H and O–H groups in total. The summed E-state index contributed by atoms with van der Waals surface area (Å²) in [6.45, 7) is 0.186. The second-order valence-corrected chi connectivity index (χ2v) is 9.82. The van der Waals surface area contributed by atoms with Gasteiger partial charge in [-0.3, -0.25) is 9.52 Å². The first-order chi connectivity index (χ1) is 14.0. The Hall–Kier alpha value is -2.39. The Morgan fingerprint density at radius 1 is 1.07 bits per heavy atom. The molecule has 1 amide bonds. The molecular weight excluding hydrogens is 412 g/mol. The Balaban J connectivity index is 1.56. The molecule has 1 aromatic carbocycles. The average Bonchev–Trinajstić information content (AvgIpc) is 3.27. The lowest BCUT2D eigenvalue weighted by Gasteiger charge is -2.21. The summed E-state index contributed by atoms with van der Waals surface area (Å²) in [6.07, 6.45) is 5.84. The van der Waals surface area contributed by atoms with E-state index in [0.29, 0.717) is 12.5 Å². The minimum atomic E-state index is -3.80. The minimum absolute atomic E-state index is 0.0488. The average molecular weight is 437 g/mol. The lowest BCUT2D eigenvalue weighted by atomic mass is 9.89. The van der Waals surface area contributed by atoms with Crippen LogP contribution in [0.15, 0.2) is 46.0 Å². The van der Waals surface area contributed by atoms with Crippen molar-refractivity contribution in [3.8, 4) is 0 Å². The smallest absolute Gasteiger partial charge is 0.340 e. The standard InChI is InChI=1S/C20H24N2O5S2/c23-18(21-13-15-7-2-1-3-8-15)14-27-20(24)16-9-4-5-10-17(16)22-29(25,26)19-11-6-12-28-19/h4-6,9-12,15,22H,1-3,7-8,13-14H2,(H,21,23). The number of anilines is 1. The third kappa shape index (κ3) is 6.04. The summed E-state index contributed by atoms with van der Waals surface area (Å²) in [5.41, 5.74) is 0.154. The molecule has 0 aliphatic heterocycles. The van der Waals surface area contributed by atoms with Gasteiger partial charge in [0.2, 0.25) is 0 Å². The summed E-state index contributed by atoms with van der Waals surface area (Å²) >= 11 is 1.08.